The van der Waals surface area contributed by atoms with Crippen molar-refractivity contribution in [2.24, 2.45) is 0 Å². The molecular formula is C19H16. The Morgan fingerprint density at radius 1 is 0.684 bits per heavy atom. The number of aryl methyl sites for hydroxylation is 1. The molecule has 0 heteroatoms. The van der Waals surface area contributed by atoms with Crippen molar-refractivity contribution in [3.63, 3.8) is 0 Å². The minimum atomic E-state index is 1.35. The third kappa shape index (κ3) is 1.24. The summed E-state index contributed by atoms with van der Waals surface area (Å²) in [5, 5.41) is 2.77. The van der Waals surface area contributed by atoms with Gasteiger partial charge in [-0.1, -0.05) is 42.5 Å². The molecule has 0 aromatic heterocycles. The Morgan fingerprint density at radius 2 is 1.37 bits per heavy atom. The maximum atomic E-state index is 2.35. The molecule has 4 rings (SSSR count). The van der Waals surface area contributed by atoms with Gasteiger partial charge >= 0.3 is 0 Å². The lowest BCUT2D eigenvalue weighted by atomic mass is 9.92. The Bertz CT molecular complexity index is 833. The zero-order valence-corrected chi connectivity index (χ0v) is 11.5. The van der Waals surface area contributed by atoms with E-state index >= 15 is 0 Å². The van der Waals surface area contributed by atoms with Crippen LogP contribution < -0.4 is 0 Å². The van der Waals surface area contributed by atoms with Crippen LogP contribution in [0.15, 0.2) is 42.5 Å². The quantitative estimate of drug-likeness (QED) is 0.388. The number of rotatable bonds is 0. The van der Waals surface area contributed by atoms with Crippen LogP contribution in [0, 0.1) is 20.8 Å². The van der Waals surface area contributed by atoms with Gasteiger partial charge in [0, 0.05) is 0 Å². The average molecular weight is 244 g/mol. The molecule has 0 nitrogen and oxygen atoms in total. The highest BCUT2D eigenvalue weighted by Crippen LogP contribution is 2.49. The van der Waals surface area contributed by atoms with Crippen LogP contribution in [0.2, 0.25) is 0 Å². The predicted molar refractivity (Wildman–Crippen MR) is 82.6 cm³/mol. The zero-order chi connectivity index (χ0) is 13.1. The van der Waals surface area contributed by atoms with Crippen LogP contribution in [-0.4, -0.2) is 0 Å². The molecule has 0 saturated heterocycles. The van der Waals surface area contributed by atoms with E-state index in [4.69, 9.17) is 0 Å². The van der Waals surface area contributed by atoms with Gasteiger partial charge in [-0.3, -0.25) is 0 Å². The van der Waals surface area contributed by atoms with E-state index in [0.717, 1.165) is 0 Å². The molecule has 0 fully saturated rings. The van der Waals surface area contributed by atoms with Crippen LogP contribution in [0.3, 0.4) is 0 Å². The van der Waals surface area contributed by atoms with Crippen LogP contribution in [0.4, 0.5) is 0 Å². The van der Waals surface area contributed by atoms with Crippen LogP contribution in [0.5, 0.6) is 0 Å². The Morgan fingerprint density at radius 3 is 2.11 bits per heavy atom. The van der Waals surface area contributed by atoms with E-state index in [1.165, 1.54) is 49.7 Å². The summed E-state index contributed by atoms with van der Waals surface area (Å²) < 4.78 is 0. The lowest BCUT2D eigenvalue weighted by molar-refractivity contribution is 1.27. The summed E-state index contributed by atoms with van der Waals surface area (Å²) in [6, 6.07) is 15.6. The fraction of sp³-hybridized carbons (Fsp3) is 0.158. The van der Waals surface area contributed by atoms with E-state index in [1.807, 2.05) is 0 Å². The molecule has 0 aliphatic heterocycles. The van der Waals surface area contributed by atoms with Gasteiger partial charge in [0.05, 0.1) is 0 Å². The summed E-state index contributed by atoms with van der Waals surface area (Å²) in [6.45, 7) is 6.70. The first-order chi connectivity index (χ1) is 9.18. The standard InChI is InChI=1S/C19H16/c1-11-10-17-15-8-4-6-14-7-5-9-16(19(14)15)18(17)13(3)12(11)2/h4-10H,1-3H3. The summed E-state index contributed by atoms with van der Waals surface area (Å²) in [4.78, 5) is 0. The molecule has 1 aliphatic rings. The summed E-state index contributed by atoms with van der Waals surface area (Å²) in [7, 11) is 0. The van der Waals surface area contributed by atoms with Gasteiger partial charge in [-0.15, -0.1) is 0 Å². The Labute approximate surface area is 113 Å². The largest absolute Gasteiger partial charge is 0.0610 e. The summed E-state index contributed by atoms with van der Waals surface area (Å²) >= 11 is 0. The molecule has 0 unspecified atom stereocenters. The average Bonchev–Trinajstić information content (AvgIpc) is 2.74. The highest BCUT2D eigenvalue weighted by Gasteiger charge is 2.23. The van der Waals surface area contributed by atoms with Crippen LogP contribution in [-0.2, 0) is 0 Å². The van der Waals surface area contributed by atoms with E-state index in [1.54, 1.807) is 0 Å². The first-order valence-corrected chi connectivity index (χ1v) is 6.82. The van der Waals surface area contributed by atoms with E-state index < -0.39 is 0 Å². The van der Waals surface area contributed by atoms with Gasteiger partial charge in [0.25, 0.3) is 0 Å². The lowest BCUT2D eigenvalue weighted by Gasteiger charge is -2.12. The van der Waals surface area contributed by atoms with E-state index in [-0.39, 0.29) is 0 Å². The van der Waals surface area contributed by atoms with Crippen molar-refractivity contribution < 1.29 is 0 Å². The molecule has 0 radical (unpaired) electrons. The first-order valence-electron chi connectivity index (χ1n) is 6.82. The van der Waals surface area contributed by atoms with Gasteiger partial charge in [0.15, 0.2) is 0 Å². The van der Waals surface area contributed by atoms with Crippen molar-refractivity contribution >= 4 is 10.8 Å². The van der Waals surface area contributed by atoms with Gasteiger partial charge in [-0.2, -0.15) is 0 Å². The zero-order valence-electron chi connectivity index (χ0n) is 11.5. The fourth-order valence-electron chi connectivity index (χ4n) is 3.42. The topological polar surface area (TPSA) is 0 Å². The number of benzene rings is 3. The van der Waals surface area contributed by atoms with Gasteiger partial charge in [0.1, 0.15) is 0 Å². The molecule has 0 heterocycles. The Kier molecular flexibility index (Phi) is 1.98. The van der Waals surface area contributed by atoms with Gasteiger partial charge in [-0.05, 0) is 70.5 Å². The van der Waals surface area contributed by atoms with Crippen LogP contribution >= 0.6 is 0 Å². The van der Waals surface area contributed by atoms with Crippen molar-refractivity contribution in [1.29, 1.82) is 0 Å². The van der Waals surface area contributed by atoms with Crippen LogP contribution in [0.1, 0.15) is 16.7 Å². The fourth-order valence-corrected chi connectivity index (χ4v) is 3.42. The summed E-state index contributed by atoms with van der Waals surface area (Å²) in [5.41, 5.74) is 9.89. The molecule has 0 bridgehead atoms. The third-order valence-corrected chi connectivity index (χ3v) is 4.62. The molecule has 0 saturated carbocycles. The summed E-state index contributed by atoms with van der Waals surface area (Å²) in [6.07, 6.45) is 0. The molecule has 92 valence electrons. The molecule has 0 spiro atoms. The Hall–Kier alpha value is -2.08. The smallest absolute Gasteiger partial charge is 0.00263 e. The van der Waals surface area contributed by atoms with Gasteiger partial charge in [-0.25, -0.2) is 0 Å². The number of fused-ring (bicyclic) bond motifs is 3. The second kappa shape index (κ2) is 3.48. The van der Waals surface area contributed by atoms with Crippen molar-refractivity contribution in [2.75, 3.05) is 0 Å². The van der Waals surface area contributed by atoms with Crippen LogP contribution in [0.25, 0.3) is 33.0 Å². The van der Waals surface area contributed by atoms with Crippen molar-refractivity contribution in [2.45, 2.75) is 20.8 Å². The molecule has 1 aliphatic carbocycles. The molecule has 0 atom stereocenters. The first kappa shape index (κ1) is 10.8. The van der Waals surface area contributed by atoms with Crippen molar-refractivity contribution in [3.8, 4) is 22.3 Å². The molecule has 3 aromatic carbocycles. The second-order valence-corrected chi connectivity index (χ2v) is 5.58. The monoisotopic (exact) mass is 244 g/mol. The predicted octanol–water partition coefficient (Wildman–Crippen LogP) is 5.41. The lowest BCUT2D eigenvalue weighted by Crippen LogP contribution is -1.91. The highest BCUT2D eigenvalue weighted by molar-refractivity contribution is 6.16. The Balaban J connectivity index is 2.27. The van der Waals surface area contributed by atoms with Gasteiger partial charge in [0.2, 0.25) is 0 Å². The molecule has 0 amide bonds. The van der Waals surface area contributed by atoms with Crippen molar-refractivity contribution in [1.82, 2.24) is 0 Å². The minimum Gasteiger partial charge on any atom is -0.0610 e. The molecule has 0 N–H and O–H groups in total. The van der Waals surface area contributed by atoms with E-state index in [2.05, 4.69) is 63.2 Å². The normalized spacial score (nSPS) is 11.9. The third-order valence-electron chi connectivity index (χ3n) is 4.62. The highest BCUT2D eigenvalue weighted by atomic mass is 14.3. The maximum absolute atomic E-state index is 2.35. The molecular weight excluding hydrogens is 228 g/mol. The molecule has 19 heavy (non-hydrogen) atoms. The second-order valence-electron chi connectivity index (χ2n) is 5.58. The number of hydrogen-bond acceptors (Lipinski definition) is 0. The molecule has 3 aromatic rings. The number of hydrogen-bond donors (Lipinski definition) is 0. The van der Waals surface area contributed by atoms with Gasteiger partial charge < -0.3 is 0 Å². The summed E-state index contributed by atoms with van der Waals surface area (Å²) in [5.74, 6) is 0. The van der Waals surface area contributed by atoms with Crippen molar-refractivity contribution in [3.05, 3.63) is 59.2 Å². The minimum absolute atomic E-state index is 1.35. The SMILES string of the molecule is Cc1cc2c(c(C)c1C)-c1cccc3cccc-2c13. The maximum Gasteiger partial charge on any atom is -0.00263 e. The van der Waals surface area contributed by atoms with E-state index in [9.17, 15) is 0 Å². The van der Waals surface area contributed by atoms with E-state index in [0.29, 0.717) is 0 Å².